The fourth-order valence-electron chi connectivity index (χ4n) is 3.36. The summed E-state index contributed by atoms with van der Waals surface area (Å²) in [7, 11) is -2.83. The highest BCUT2D eigenvalue weighted by molar-refractivity contribution is 7.90. The fraction of sp³-hybridized carbons (Fsp3) is 0.192. The number of benzene rings is 3. The van der Waals surface area contributed by atoms with Crippen LogP contribution in [0.15, 0.2) is 71.6 Å². The van der Waals surface area contributed by atoms with Crippen molar-refractivity contribution in [2.45, 2.75) is 24.3 Å². The molecule has 2 unspecified atom stereocenters. The topological polar surface area (TPSA) is 72.5 Å². The smallest absolute Gasteiger partial charge is 0.254 e. The second-order valence-corrected chi connectivity index (χ2v) is 12.4. The molecule has 182 valence electrons. The molecule has 0 radical (unpaired) electrons. The molecule has 0 heterocycles. The Morgan fingerprint density at radius 1 is 1.06 bits per heavy atom. The van der Waals surface area contributed by atoms with E-state index in [-0.39, 0.29) is 26.5 Å². The van der Waals surface area contributed by atoms with E-state index < -0.39 is 23.9 Å². The van der Waals surface area contributed by atoms with Gasteiger partial charge in [0.15, 0.2) is 9.84 Å². The first-order chi connectivity index (χ1) is 16.6. The first-order valence-corrected chi connectivity index (χ1v) is 14.5. The lowest BCUT2D eigenvalue weighted by molar-refractivity contribution is 0.0940. The maximum absolute atomic E-state index is 12.9. The first kappa shape index (κ1) is 27.2. The molecule has 1 amide bonds. The number of carbonyl (C=O) groups excluding carboxylic acids is 1. The summed E-state index contributed by atoms with van der Waals surface area (Å²) in [4.78, 5) is 13.1. The molecular formula is C26H24Cl2NO4PS. The summed E-state index contributed by atoms with van der Waals surface area (Å²) in [5.41, 5.74) is 4.63. The maximum Gasteiger partial charge on any atom is 0.254 e. The van der Waals surface area contributed by atoms with Crippen molar-refractivity contribution in [3.8, 4) is 11.6 Å². The highest BCUT2D eigenvalue weighted by atomic mass is 35.5. The monoisotopic (exact) mass is 547 g/mol. The minimum absolute atomic E-state index is 0.160. The molecule has 3 aromatic rings. The van der Waals surface area contributed by atoms with E-state index >= 15 is 0 Å². The zero-order valence-electron chi connectivity index (χ0n) is 19.4. The average molecular weight is 548 g/mol. The van der Waals surface area contributed by atoms with Gasteiger partial charge in [0.1, 0.15) is 8.15 Å². The van der Waals surface area contributed by atoms with E-state index in [0.717, 1.165) is 17.1 Å². The average Bonchev–Trinajstić information content (AvgIpc) is 2.79. The van der Waals surface area contributed by atoms with Gasteiger partial charge in [0.25, 0.3) is 5.91 Å². The molecule has 0 fully saturated rings. The Kier molecular flexibility index (Phi) is 9.35. The number of nitrogens with one attached hydrogen (secondary N) is 1. The predicted octanol–water partition coefficient (Wildman–Crippen LogP) is 5.44. The summed E-state index contributed by atoms with van der Waals surface area (Å²) in [6, 6.07) is 19.2. The van der Waals surface area contributed by atoms with E-state index in [1.165, 1.54) is 0 Å². The third-order valence-corrected chi connectivity index (χ3v) is 8.14. The van der Waals surface area contributed by atoms with Crippen molar-refractivity contribution < 1.29 is 17.7 Å². The third kappa shape index (κ3) is 7.54. The van der Waals surface area contributed by atoms with E-state index in [1.807, 2.05) is 43.3 Å². The van der Waals surface area contributed by atoms with Gasteiger partial charge in [-0.1, -0.05) is 71.6 Å². The summed E-state index contributed by atoms with van der Waals surface area (Å²) >= 11 is 12.8. The molecule has 2 atom stereocenters. The van der Waals surface area contributed by atoms with E-state index in [1.54, 1.807) is 37.4 Å². The van der Waals surface area contributed by atoms with E-state index in [2.05, 4.69) is 16.9 Å². The Labute approximate surface area is 217 Å². The second kappa shape index (κ2) is 12.0. The van der Waals surface area contributed by atoms with Gasteiger partial charge in [-0.15, -0.1) is 0 Å². The van der Waals surface area contributed by atoms with Gasteiger partial charge in [0.2, 0.25) is 0 Å². The molecule has 0 aromatic heterocycles. The van der Waals surface area contributed by atoms with Crippen LogP contribution < -0.4 is 10.6 Å². The number of halogens is 2. The Hall–Kier alpha value is -2.39. The van der Waals surface area contributed by atoms with Gasteiger partial charge in [-0.2, -0.15) is 0 Å². The Morgan fingerprint density at radius 3 is 2.31 bits per heavy atom. The third-order valence-electron chi connectivity index (χ3n) is 4.99. The lowest BCUT2D eigenvalue weighted by atomic mass is 10.1. The molecule has 0 saturated heterocycles. The number of amides is 1. The van der Waals surface area contributed by atoms with Crippen LogP contribution in [0.25, 0.3) is 0 Å². The van der Waals surface area contributed by atoms with Crippen LogP contribution in [-0.4, -0.2) is 33.7 Å². The van der Waals surface area contributed by atoms with Crippen LogP contribution in [0.3, 0.4) is 0 Å². The second-order valence-electron chi connectivity index (χ2n) is 7.86. The van der Waals surface area contributed by atoms with Crippen LogP contribution in [0.4, 0.5) is 0 Å². The van der Waals surface area contributed by atoms with Crippen LogP contribution in [0, 0.1) is 11.6 Å². The summed E-state index contributed by atoms with van der Waals surface area (Å²) < 4.78 is 29.1. The Balaban J connectivity index is 1.73. The number of carbonyl (C=O) groups is 1. The molecule has 1 N–H and O–H groups in total. The highest BCUT2D eigenvalue weighted by Crippen LogP contribution is 2.33. The standard InChI is InChI=1S/C26H24Cl2NO4PS/c1-18(14-19-8-7-11-22(15-19)35(3,31)32)29-26(30)25-23(27)16-20(17-24(25)28)12-13-34(33-2)21-9-5-4-6-10-21/h4-11,15-18H,14H2,1-3H3,(H,29,30). The molecule has 0 aliphatic rings. The van der Waals surface area contributed by atoms with Crippen molar-refractivity contribution in [2.24, 2.45) is 0 Å². The largest absolute Gasteiger partial charge is 0.349 e. The molecule has 0 aliphatic heterocycles. The molecule has 3 rings (SSSR count). The number of hydrogen-bond acceptors (Lipinski definition) is 4. The SMILES string of the molecule is COP(C#Cc1cc(Cl)c(C(=O)NC(C)Cc2cccc(S(C)(=O)=O)c2)c(Cl)c1)c1ccccc1. The summed E-state index contributed by atoms with van der Waals surface area (Å²) in [6.45, 7) is 1.82. The fourth-order valence-corrected chi connectivity index (χ4v) is 5.81. The van der Waals surface area contributed by atoms with Gasteiger partial charge in [-0.3, -0.25) is 4.79 Å². The zero-order valence-corrected chi connectivity index (χ0v) is 22.6. The molecule has 9 heteroatoms. The molecule has 0 spiro atoms. The Bertz CT molecular complexity index is 1360. The zero-order chi connectivity index (χ0) is 25.6. The van der Waals surface area contributed by atoms with Crippen LogP contribution in [-0.2, 0) is 20.8 Å². The van der Waals surface area contributed by atoms with Crippen LogP contribution in [0.1, 0.15) is 28.4 Å². The van der Waals surface area contributed by atoms with Crippen molar-refractivity contribution in [1.82, 2.24) is 5.32 Å². The van der Waals surface area contributed by atoms with Crippen LogP contribution in [0.5, 0.6) is 0 Å². The van der Waals surface area contributed by atoms with Crippen molar-refractivity contribution in [3.63, 3.8) is 0 Å². The number of hydrogen-bond donors (Lipinski definition) is 1. The molecule has 35 heavy (non-hydrogen) atoms. The van der Waals surface area contributed by atoms with E-state index in [4.69, 9.17) is 27.7 Å². The maximum atomic E-state index is 12.9. The van der Waals surface area contributed by atoms with E-state index in [9.17, 15) is 13.2 Å². The molecular weight excluding hydrogens is 524 g/mol. The Morgan fingerprint density at radius 2 is 1.71 bits per heavy atom. The highest BCUT2D eigenvalue weighted by Gasteiger charge is 2.19. The summed E-state index contributed by atoms with van der Waals surface area (Å²) in [5, 5.41) is 4.24. The van der Waals surface area contributed by atoms with Gasteiger partial charge < -0.3 is 9.84 Å². The lowest BCUT2D eigenvalue weighted by Gasteiger charge is -2.16. The van der Waals surface area contributed by atoms with Gasteiger partial charge in [-0.05, 0) is 48.8 Å². The summed E-state index contributed by atoms with van der Waals surface area (Å²) in [6.07, 6.45) is 1.60. The van der Waals surface area contributed by atoms with Gasteiger partial charge in [0, 0.05) is 30.3 Å². The number of sulfone groups is 1. The quantitative estimate of drug-likeness (QED) is 0.316. The van der Waals surface area contributed by atoms with Gasteiger partial charge in [-0.25, -0.2) is 8.42 Å². The molecule has 0 bridgehead atoms. The van der Waals surface area contributed by atoms with Crippen molar-refractivity contribution in [3.05, 3.63) is 93.5 Å². The molecule has 0 saturated carbocycles. The van der Waals surface area contributed by atoms with Gasteiger partial charge in [0.05, 0.1) is 20.5 Å². The normalized spacial score (nSPS) is 12.8. The predicted molar refractivity (Wildman–Crippen MR) is 144 cm³/mol. The van der Waals surface area contributed by atoms with Crippen molar-refractivity contribution >= 4 is 52.4 Å². The van der Waals surface area contributed by atoms with Crippen molar-refractivity contribution in [2.75, 3.05) is 13.4 Å². The van der Waals surface area contributed by atoms with Crippen LogP contribution in [0.2, 0.25) is 10.0 Å². The van der Waals surface area contributed by atoms with E-state index in [0.29, 0.717) is 12.0 Å². The lowest BCUT2D eigenvalue weighted by Crippen LogP contribution is -2.34. The first-order valence-electron chi connectivity index (χ1n) is 10.6. The number of rotatable bonds is 7. The minimum Gasteiger partial charge on any atom is -0.349 e. The molecule has 3 aromatic carbocycles. The van der Waals surface area contributed by atoms with Gasteiger partial charge >= 0.3 is 0 Å². The van der Waals surface area contributed by atoms with Crippen LogP contribution >= 0.6 is 31.4 Å². The molecule has 0 aliphatic carbocycles. The van der Waals surface area contributed by atoms with Crippen molar-refractivity contribution in [1.29, 1.82) is 0 Å². The summed E-state index contributed by atoms with van der Waals surface area (Å²) in [5.74, 6) is 2.62. The minimum atomic E-state index is -3.31. The molecule has 5 nitrogen and oxygen atoms in total.